The molecule has 1 heterocycles. The van der Waals surface area contributed by atoms with Crippen LogP contribution in [0.25, 0.3) is 10.9 Å². The molecule has 1 N–H and O–H groups in total. The van der Waals surface area contributed by atoms with Gasteiger partial charge in [-0.1, -0.05) is 11.6 Å². The maximum atomic E-state index is 12.9. The van der Waals surface area contributed by atoms with Gasteiger partial charge in [0.25, 0.3) is 0 Å². The van der Waals surface area contributed by atoms with E-state index in [0.29, 0.717) is 0 Å². The Labute approximate surface area is 121 Å². The summed E-state index contributed by atoms with van der Waals surface area (Å²) in [6, 6.07) is 1.62. The van der Waals surface area contributed by atoms with Crippen molar-refractivity contribution in [2.45, 2.75) is 19.6 Å². The molecule has 1 aromatic carbocycles. The second-order valence-corrected chi connectivity index (χ2v) is 4.72. The van der Waals surface area contributed by atoms with E-state index >= 15 is 0 Å². The van der Waals surface area contributed by atoms with Crippen LogP contribution in [0.15, 0.2) is 23.1 Å². The van der Waals surface area contributed by atoms with Crippen LogP contribution >= 0.6 is 11.6 Å². The van der Waals surface area contributed by atoms with E-state index in [1.165, 1.54) is 4.57 Å². The molecule has 0 aliphatic heterocycles. The lowest BCUT2D eigenvalue weighted by molar-refractivity contribution is -0.137. The molecule has 112 valence electrons. The molecule has 0 aliphatic carbocycles. The molecule has 0 saturated carbocycles. The van der Waals surface area contributed by atoms with Gasteiger partial charge in [0.15, 0.2) is 0 Å². The van der Waals surface area contributed by atoms with Crippen LogP contribution in [0.4, 0.5) is 13.2 Å². The normalized spacial score (nSPS) is 11.9. The fourth-order valence-corrected chi connectivity index (χ4v) is 2.31. The van der Waals surface area contributed by atoms with Crippen molar-refractivity contribution in [3.63, 3.8) is 0 Å². The van der Waals surface area contributed by atoms with E-state index in [9.17, 15) is 22.8 Å². The number of benzene rings is 1. The number of hydrogen-bond donors (Lipinski definition) is 1. The van der Waals surface area contributed by atoms with Gasteiger partial charge in [-0.25, -0.2) is 4.79 Å². The number of hydrogen-bond acceptors (Lipinski definition) is 2. The number of aromatic nitrogens is 1. The van der Waals surface area contributed by atoms with Gasteiger partial charge in [-0.3, -0.25) is 4.79 Å². The van der Waals surface area contributed by atoms with E-state index in [1.807, 2.05) is 0 Å². The Kier molecular flexibility index (Phi) is 3.71. The summed E-state index contributed by atoms with van der Waals surface area (Å²) >= 11 is 5.57. The molecule has 0 fully saturated rings. The van der Waals surface area contributed by atoms with Crippen molar-refractivity contribution in [1.29, 1.82) is 0 Å². The quantitative estimate of drug-likeness (QED) is 0.923. The summed E-state index contributed by atoms with van der Waals surface area (Å²) in [6.45, 7) is 1.83. The maximum absolute atomic E-state index is 12.9. The summed E-state index contributed by atoms with van der Waals surface area (Å²) < 4.78 is 39.8. The zero-order valence-electron chi connectivity index (χ0n) is 10.7. The van der Waals surface area contributed by atoms with Gasteiger partial charge < -0.3 is 9.67 Å². The molecule has 0 unspecified atom stereocenters. The number of carboxylic acids is 1. The van der Waals surface area contributed by atoms with Crippen LogP contribution in [0.5, 0.6) is 0 Å². The molecule has 8 heteroatoms. The molecule has 0 saturated heterocycles. The van der Waals surface area contributed by atoms with Crippen molar-refractivity contribution in [1.82, 2.24) is 4.57 Å². The molecule has 0 aliphatic rings. The van der Waals surface area contributed by atoms with Crippen molar-refractivity contribution in [2.75, 3.05) is 0 Å². The van der Waals surface area contributed by atoms with E-state index in [4.69, 9.17) is 16.7 Å². The first-order valence-electron chi connectivity index (χ1n) is 5.84. The minimum absolute atomic E-state index is 0.00998. The number of pyridine rings is 1. The van der Waals surface area contributed by atoms with Crippen LogP contribution in [-0.2, 0) is 12.7 Å². The van der Waals surface area contributed by atoms with Gasteiger partial charge in [0.1, 0.15) is 5.56 Å². The van der Waals surface area contributed by atoms with Crippen LogP contribution in [0.3, 0.4) is 0 Å². The largest absolute Gasteiger partial charge is 0.477 e. The van der Waals surface area contributed by atoms with Crippen molar-refractivity contribution >= 4 is 28.5 Å². The third-order valence-electron chi connectivity index (χ3n) is 3.05. The molecule has 0 spiro atoms. The molecule has 4 nitrogen and oxygen atoms in total. The topological polar surface area (TPSA) is 59.3 Å². The Morgan fingerprint density at radius 2 is 2.00 bits per heavy atom. The van der Waals surface area contributed by atoms with Crippen molar-refractivity contribution in [3.05, 3.63) is 44.7 Å². The first-order chi connectivity index (χ1) is 9.66. The third kappa shape index (κ3) is 2.61. The number of carbonyl (C=O) groups is 1. The predicted octanol–water partition coefficient (Wildman–Crippen LogP) is 3.39. The molecule has 21 heavy (non-hydrogen) atoms. The van der Waals surface area contributed by atoms with E-state index in [-0.39, 0.29) is 17.4 Å². The summed E-state index contributed by atoms with van der Waals surface area (Å²) in [5.41, 5.74) is -2.46. The van der Waals surface area contributed by atoms with E-state index in [2.05, 4.69) is 0 Å². The summed E-state index contributed by atoms with van der Waals surface area (Å²) in [4.78, 5) is 23.0. The molecular weight excluding hydrogens is 311 g/mol. The number of rotatable bonds is 2. The number of aromatic carboxylic acids is 1. The Bertz CT molecular complexity index is 796. The Morgan fingerprint density at radius 3 is 2.48 bits per heavy atom. The standard InChI is InChI=1S/C13H9ClF3NO3/c1-2-18-5-7(12(20)21)11(19)6-3-9(14)8(4-10(6)18)13(15,16)17/h3-5H,2H2,1H3,(H,20,21). The highest BCUT2D eigenvalue weighted by Crippen LogP contribution is 2.36. The third-order valence-corrected chi connectivity index (χ3v) is 3.36. The Morgan fingerprint density at radius 1 is 1.38 bits per heavy atom. The summed E-state index contributed by atoms with van der Waals surface area (Å²) in [5.74, 6) is -1.44. The zero-order valence-corrected chi connectivity index (χ0v) is 11.4. The van der Waals surface area contributed by atoms with Gasteiger partial charge in [-0.2, -0.15) is 13.2 Å². The molecule has 0 radical (unpaired) electrons. The first kappa shape index (κ1) is 15.4. The number of carboxylic acid groups (broad SMARTS) is 1. The van der Waals surface area contributed by atoms with Crippen LogP contribution in [-0.4, -0.2) is 15.6 Å². The maximum Gasteiger partial charge on any atom is 0.417 e. The highest BCUT2D eigenvalue weighted by molar-refractivity contribution is 6.32. The van der Waals surface area contributed by atoms with Gasteiger partial charge in [-0.15, -0.1) is 0 Å². The van der Waals surface area contributed by atoms with Crippen molar-refractivity contribution in [2.24, 2.45) is 0 Å². The van der Waals surface area contributed by atoms with Gasteiger partial charge in [0.05, 0.1) is 16.1 Å². The van der Waals surface area contributed by atoms with E-state index < -0.39 is 33.7 Å². The monoisotopic (exact) mass is 319 g/mol. The fraction of sp³-hybridized carbons (Fsp3) is 0.231. The molecule has 1 aromatic heterocycles. The second kappa shape index (κ2) is 5.07. The van der Waals surface area contributed by atoms with Crippen LogP contribution < -0.4 is 5.43 Å². The second-order valence-electron chi connectivity index (χ2n) is 4.31. The number of fused-ring (bicyclic) bond motifs is 1. The number of halogens is 4. The smallest absolute Gasteiger partial charge is 0.417 e. The predicted molar refractivity (Wildman–Crippen MR) is 70.9 cm³/mol. The first-order valence-corrected chi connectivity index (χ1v) is 6.21. The molecule has 2 aromatic rings. The molecule has 0 amide bonds. The van der Waals surface area contributed by atoms with Crippen LogP contribution in [0.2, 0.25) is 5.02 Å². The SMILES string of the molecule is CCn1cc(C(=O)O)c(=O)c2cc(Cl)c(C(F)(F)F)cc21. The molecule has 2 rings (SSSR count). The molecule has 0 bridgehead atoms. The van der Waals surface area contributed by atoms with E-state index in [1.54, 1.807) is 6.92 Å². The lowest BCUT2D eigenvalue weighted by Gasteiger charge is -2.14. The summed E-state index contributed by atoms with van der Waals surface area (Å²) in [7, 11) is 0. The lowest BCUT2D eigenvalue weighted by atomic mass is 10.1. The molecule has 0 atom stereocenters. The number of nitrogens with zero attached hydrogens (tertiary/aromatic N) is 1. The number of alkyl halides is 3. The average Bonchev–Trinajstić information content (AvgIpc) is 2.37. The molecular formula is C13H9ClF3NO3. The lowest BCUT2D eigenvalue weighted by Crippen LogP contribution is -2.19. The fourth-order valence-electron chi connectivity index (χ4n) is 2.04. The van der Waals surface area contributed by atoms with Crippen molar-refractivity contribution < 1.29 is 23.1 Å². The van der Waals surface area contributed by atoms with Crippen LogP contribution in [0.1, 0.15) is 22.8 Å². The van der Waals surface area contributed by atoms with Gasteiger partial charge in [0.2, 0.25) is 5.43 Å². The van der Waals surface area contributed by atoms with Gasteiger partial charge in [-0.05, 0) is 19.1 Å². The minimum atomic E-state index is -4.66. The summed E-state index contributed by atoms with van der Waals surface area (Å²) in [5, 5.41) is 8.17. The highest BCUT2D eigenvalue weighted by Gasteiger charge is 2.34. The zero-order chi connectivity index (χ0) is 15.9. The minimum Gasteiger partial charge on any atom is -0.477 e. The van der Waals surface area contributed by atoms with E-state index in [0.717, 1.165) is 18.3 Å². The highest BCUT2D eigenvalue weighted by atomic mass is 35.5. The van der Waals surface area contributed by atoms with Crippen LogP contribution in [0, 0.1) is 0 Å². The van der Waals surface area contributed by atoms with Crippen molar-refractivity contribution in [3.8, 4) is 0 Å². The van der Waals surface area contributed by atoms with Gasteiger partial charge >= 0.3 is 12.1 Å². The number of aryl methyl sites for hydroxylation is 1. The average molecular weight is 320 g/mol. The Balaban J connectivity index is 2.95. The summed E-state index contributed by atoms with van der Waals surface area (Å²) in [6.07, 6.45) is -3.63. The van der Waals surface area contributed by atoms with Gasteiger partial charge in [0, 0.05) is 18.1 Å². The Hall–Kier alpha value is -2.02.